The Morgan fingerprint density at radius 1 is 1.07 bits per heavy atom. The summed E-state index contributed by atoms with van der Waals surface area (Å²) in [5.74, 6) is -0.0381. The number of carbonyl (C=O) groups excluding carboxylic acids is 2. The quantitative estimate of drug-likeness (QED) is 0.222. The fourth-order valence-electron chi connectivity index (χ4n) is 5.04. The number of hydrogen-bond acceptors (Lipinski definition) is 5. The summed E-state index contributed by atoms with van der Waals surface area (Å²) in [6, 6.07) is 22.1. The van der Waals surface area contributed by atoms with Gasteiger partial charge in [0.1, 0.15) is 23.1 Å². The minimum absolute atomic E-state index is 0.144. The molecule has 0 fully saturated rings. The van der Waals surface area contributed by atoms with Crippen LogP contribution in [0.2, 0.25) is 0 Å². The number of aldehydes is 1. The van der Waals surface area contributed by atoms with Crippen molar-refractivity contribution < 1.29 is 27.0 Å². The van der Waals surface area contributed by atoms with E-state index >= 15 is 0 Å². The van der Waals surface area contributed by atoms with E-state index in [9.17, 15) is 27.0 Å². The molecule has 2 atom stereocenters. The van der Waals surface area contributed by atoms with Crippen LogP contribution in [0.3, 0.4) is 0 Å². The summed E-state index contributed by atoms with van der Waals surface area (Å²) in [6.07, 6.45) is -1.21. The smallest absolute Gasteiger partial charge is 0.366 e. The largest absolute Gasteiger partial charge is 0.416 e. The molecule has 0 saturated carbocycles. The summed E-state index contributed by atoms with van der Waals surface area (Å²) in [5, 5.41) is 6.59. The number of carbonyl (C=O) groups is 2. The lowest BCUT2D eigenvalue weighted by Gasteiger charge is -2.25. The van der Waals surface area contributed by atoms with E-state index in [4.69, 9.17) is 10.8 Å². The third-order valence-electron chi connectivity index (χ3n) is 7.33. The summed E-state index contributed by atoms with van der Waals surface area (Å²) < 4.78 is 52.4. The number of aryl methyl sites for hydroxylation is 1. The number of hydrogen-bond donors (Lipinski definition) is 1. The highest BCUT2D eigenvalue weighted by Crippen LogP contribution is 2.39. The van der Waals surface area contributed by atoms with Gasteiger partial charge in [0.15, 0.2) is 0 Å². The molecule has 1 amide bonds. The Bertz CT molecular complexity index is 1710. The number of benzene rings is 3. The van der Waals surface area contributed by atoms with Crippen LogP contribution in [0.25, 0.3) is 5.69 Å². The molecule has 12 heteroatoms. The lowest BCUT2D eigenvalue weighted by molar-refractivity contribution is -0.137. The average Bonchev–Trinajstić information content (AvgIpc) is 3.62. The van der Waals surface area contributed by atoms with Crippen LogP contribution in [-0.4, -0.2) is 46.3 Å². The van der Waals surface area contributed by atoms with Gasteiger partial charge in [0.25, 0.3) is 0 Å². The van der Waals surface area contributed by atoms with E-state index in [2.05, 4.69) is 11.8 Å². The topological polar surface area (TPSA) is 102 Å². The Labute approximate surface area is 262 Å². The number of nitrogens with zero attached hydrogens (tertiary/aromatic N) is 4. The molecule has 0 radical (unpaired) electrons. The van der Waals surface area contributed by atoms with Crippen molar-refractivity contribution in [2.24, 2.45) is 5.73 Å². The standard InChI is InChI=1S/C25H28N4O2S.C8H6F3NO/c1-4-27(3)25-24(19(2)26-29(25)21-11-6-5-7-12-21)23(14-16-30)20-10-8-13-22(18-20)28-15-9-17-32(28)31;9-8(10,11)6-3-1-2-5(4-6)7(12)13/h5-13,16-18,23H,4,14-15H2,1-3H3;1-4H,(H2,12,13). The zero-order chi connectivity index (χ0) is 32.7. The lowest BCUT2D eigenvalue weighted by atomic mass is 9.88. The van der Waals surface area contributed by atoms with E-state index in [1.807, 2.05) is 83.6 Å². The van der Waals surface area contributed by atoms with Gasteiger partial charge in [-0.3, -0.25) is 9.10 Å². The number of alkyl halides is 3. The van der Waals surface area contributed by atoms with Gasteiger partial charge < -0.3 is 15.4 Å². The van der Waals surface area contributed by atoms with Crippen molar-refractivity contribution in [2.45, 2.75) is 32.4 Å². The Hall–Kier alpha value is -4.71. The van der Waals surface area contributed by atoms with E-state index in [0.29, 0.717) is 13.0 Å². The summed E-state index contributed by atoms with van der Waals surface area (Å²) in [4.78, 5) is 24.5. The molecule has 2 heterocycles. The molecular weight excluding hydrogens is 603 g/mol. The van der Waals surface area contributed by atoms with Crippen molar-refractivity contribution in [1.82, 2.24) is 9.78 Å². The summed E-state index contributed by atoms with van der Waals surface area (Å²) in [6.45, 7) is 5.52. The summed E-state index contributed by atoms with van der Waals surface area (Å²) in [7, 11) is 0.887. The maximum atomic E-state index is 12.3. The highest BCUT2D eigenvalue weighted by Gasteiger charge is 2.31. The van der Waals surface area contributed by atoms with Crippen molar-refractivity contribution in [1.29, 1.82) is 0 Å². The second-order valence-corrected chi connectivity index (χ2v) is 11.6. The predicted molar refractivity (Wildman–Crippen MR) is 171 cm³/mol. The first-order valence-corrected chi connectivity index (χ1v) is 15.3. The van der Waals surface area contributed by atoms with Crippen LogP contribution in [0, 0.1) is 6.92 Å². The van der Waals surface area contributed by atoms with E-state index < -0.39 is 28.6 Å². The van der Waals surface area contributed by atoms with Gasteiger partial charge >= 0.3 is 6.18 Å². The van der Waals surface area contributed by atoms with E-state index in [0.717, 1.165) is 65.0 Å². The Kier molecular flexibility index (Phi) is 10.6. The van der Waals surface area contributed by atoms with Gasteiger partial charge in [0.2, 0.25) is 5.91 Å². The van der Waals surface area contributed by atoms with Crippen molar-refractivity contribution >= 4 is 34.7 Å². The van der Waals surface area contributed by atoms with Gasteiger partial charge in [-0.2, -0.15) is 18.3 Å². The fourth-order valence-corrected chi connectivity index (χ4v) is 5.99. The molecule has 1 aliphatic rings. The van der Waals surface area contributed by atoms with Crippen LogP contribution < -0.4 is 14.9 Å². The Morgan fingerprint density at radius 2 is 1.76 bits per heavy atom. The highest BCUT2D eigenvalue weighted by molar-refractivity contribution is 7.89. The minimum Gasteiger partial charge on any atom is -0.366 e. The van der Waals surface area contributed by atoms with Gasteiger partial charge in [-0.25, -0.2) is 8.89 Å². The maximum absolute atomic E-state index is 12.3. The molecule has 3 aromatic carbocycles. The van der Waals surface area contributed by atoms with Gasteiger partial charge in [-0.05, 0) is 61.9 Å². The molecule has 2 unspecified atom stereocenters. The van der Waals surface area contributed by atoms with Crippen molar-refractivity contribution in [3.05, 3.63) is 118 Å². The molecule has 5 rings (SSSR count). The maximum Gasteiger partial charge on any atom is 0.416 e. The highest BCUT2D eigenvalue weighted by atomic mass is 32.2. The van der Waals surface area contributed by atoms with Crippen molar-refractivity contribution in [2.75, 3.05) is 29.3 Å². The average molecular weight is 638 g/mol. The Morgan fingerprint density at radius 3 is 2.36 bits per heavy atom. The number of nitrogens with two attached hydrogens (primary N) is 1. The molecule has 2 N–H and O–H groups in total. The molecule has 0 spiro atoms. The first-order chi connectivity index (χ1) is 21.5. The number of para-hydroxylation sites is 1. The number of amides is 1. The number of halogens is 3. The van der Waals surface area contributed by atoms with Crippen LogP contribution in [-0.2, 0) is 22.0 Å². The first-order valence-electron chi connectivity index (χ1n) is 14.2. The molecular formula is C33H34F3N5O3S. The second kappa shape index (κ2) is 14.4. The molecule has 45 heavy (non-hydrogen) atoms. The summed E-state index contributed by atoms with van der Waals surface area (Å²) in [5.41, 5.74) is 8.63. The zero-order valence-corrected chi connectivity index (χ0v) is 25.9. The predicted octanol–water partition coefficient (Wildman–Crippen LogP) is 6.16. The molecule has 0 saturated heterocycles. The molecule has 4 aromatic rings. The zero-order valence-electron chi connectivity index (χ0n) is 25.1. The Balaban J connectivity index is 0.000000297. The minimum atomic E-state index is -4.44. The monoisotopic (exact) mass is 637 g/mol. The van der Waals surface area contributed by atoms with Crippen LogP contribution >= 0.6 is 0 Å². The van der Waals surface area contributed by atoms with Crippen LogP contribution in [0.4, 0.5) is 24.7 Å². The molecule has 0 bridgehead atoms. The molecule has 236 valence electrons. The molecule has 1 aliphatic heterocycles. The summed E-state index contributed by atoms with van der Waals surface area (Å²) >= 11 is 0. The van der Waals surface area contributed by atoms with Crippen LogP contribution in [0.5, 0.6) is 0 Å². The van der Waals surface area contributed by atoms with Gasteiger partial charge in [0, 0.05) is 42.5 Å². The van der Waals surface area contributed by atoms with Gasteiger partial charge in [0.05, 0.1) is 29.2 Å². The molecule has 1 aromatic heterocycles. The number of primary amides is 1. The van der Waals surface area contributed by atoms with E-state index in [-0.39, 0.29) is 11.5 Å². The molecule has 0 aliphatic carbocycles. The number of anilines is 2. The fraction of sp³-hybridized carbons (Fsp3) is 0.242. The van der Waals surface area contributed by atoms with Crippen LogP contribution in [0.15, 0.2) is 90.3 Å². The third-order valence-corrected chi connectivity index (χ3v) is 8.55. The normalized spacial score (nSPS) is 14.9. The van der Waals surface area contributed by atoms with E-state index in [1.54, 1.807) is 5.41 Å². The van der Waals surface area contributed by atoms with Gasteiger partial charge in [-0.1, -0.05) is 42.5 Å². The van der Waals surface area contributed by atoms with Crippen molar-refractivity contribution in [3.8, 4) is 5.69 Å². The van der Waals surface area contributed by atoms with Gasteiger partial charge in [-0.15, -0.1) is 0 Å². The molecule has 8 nitrogen and oxygen atoms in total. The van der Waals surface area contributed by atoms with Crippen molar-refractivity contribution in [3.63, 3.8) is 0 Å². The lowest BCUT2D eigenvalue weighted by Crippen LogP contribution is -2.22. The first kappa shape index (κ1) is 33.2. The third kappa shape index (κ3) is 7.69. The SMILES string of the molecule is CCN(C)c1c(C(CC=O)c2cccc(N3CC=CS3=O)c2)c(C)nn1-c1ccccc1.NC(=O)c1cccc(C(F)(F)F)c1. The second-order valence-electron chi connectivity index (χ2n) is 10.3. The number of aromatic nitrogens is 2. The number of rotatable bonds is 9. The van der Waals surface area contributed by atoms with E-state index in [1.165, 1.54) is 6.07 Å². The van der Waals surface area contributed by atoms with Crippen LogP contribution in [0.1, 0.15) is 52.0 Å².